The summed E-state index contributed by atoms with van der Waals surface area (Å²) in [4.78, 5) is 2.45. The second-order valence-corrected chi connectivity index (χ2v) is 11.0. The highest BCUT2D eigenvalue weighted by atomic mass is 32.2. The SMILES string of the molecule is Cc1ccc(CNc2cc(S(C)(=O)=O)cc(N3CCC4(CC3)CC4)c2C#N)c(C)c1. The third kappa shape index (κ3) is 4.17. The van der Waals surface area contributed by atoms with Crippen molar-refractivity contribution in [2.45, 2.75) is 51.0 Å². The first-order chi connectivity index (χ1) is 14.2. The summed E-state index contributed by atoms with van der Waals surface area (Å²) in [5.74, 6) is 0. The van der Waals surface area contributed by atoms with E-state index in [0.29, 0.717) is 23.2 Å². The van der Waals surface area contributed by atoms with Crippen LogP contribution >= 0.6 is 0 Å². The topological polar surface area (TPSA) is 73.2 Å². The number of hydrogen-bond donors (Lipinski definition) is 1. The summed E-state index contributed by atoms with van der Waals surface area (Å²) < 4.78 is 24.7. The van der Waals surface area contributed by atoms with Crippen LogP contribution in [0.4, 0.5) is 11.4 Å². The third-order valence-corrected chi connectivity index (χ3v) is 7.81. The number of anilines is 2. The molecule has 0 unspecified atom stereocenters. The van der Waals surface area contributed by atoms with E-state index in [0.717, 1.165) is 37.2 Å². The summed E-state index contributed by atoms with van der Waals surface area (Å²) in [6, 6.07) is 11.9. The molecule has 2 aliphatic rings. The Morgan fingerprint density at radius 1 is 1.10 bits per heavy atom. The minimum Gasteiger partial charge on any atom is -0.380 e. The van der Waals surface area contributed by atoms with E-state index in [4.69, 9.17) is 0 Å². The molecule has 5 nitrogen and oxygen atoms in total. The fourth-order valence-corrected chi connectivity index (χ4v) is 5.11. The zero-order chi connectivity index (χ0) is 21.5. The van der Waals surface area contributed by atoms with Gasteiger partial charge in [0.1, 0.15) is 6.07 Å². The Balaban J connectivity index is 1.68. The van der Waals surface area contributed by atoms with Gasteiger partial charge in [0.15, 0.2) is 9.84 Å². The van der Waals surface area contributed by atoms with Crippen molar-refractivity contribution in [2.24, 2.45) is 5.41 Å². The van der Waals surface area contributed by atoms with Gasteiger partial charge in [-0.25, -0.2) is 8.42 Å². The molecule has 1 spiro atoms. The van der Waals surface area contributed by atoms with Crippen LogP contribution in [-0.2, 0) is 16.4 Å². The highest BCUT2D eigenvalue weighted by molar-refractivity contribution is 7.90. The smallest absolute Gasteiger partial charge is 0.175 e. The zero-order valence-electron chi connectivity index (χ0n) is 18.0. The van der Waals surface area contributed by atoms with E-state index < -0.39 is 9.84 Å². The quantitative estimate of drug-likeness (QED) is 0.762. The maximum Gasteiger partial charge on any atom is 0.175 e. The van der Waals surface area contributed by atoms with Gasteiger partial charge in [-0.1, -0.05) is 23.8 Å². The lowest BCUT2D eigenvalue weighted by atomic mass is 9.93. The van der Waals surface area contributed by atoms with E-state index in [1.54, 1.807) is 12.1 Å². The first kappa shape index (κ1) is 20.7. The lowest BCUT2D eigenvalue weighted by molar-refractivity contribution is 0.384. The first-order valence-electron chi connectivity index (χ1n) is 10.5. The van der Waals surface area contributed by atoms with Crippen LogP contribution in [-0.4, -0.2) is 27.8 Å². The van der Waals surface area contributed by atoms with Gasteiger partial charge in [-0.05, 0) is 68.2 Å². The molecule has 1 N–H and O–H groups in total. The highest BCUT2D eigenvalue weighted by Gasteiger charge is 2.44. The van der Waals surface area contributed by atoms with Crippen LogP contribution in [0.3, 0.4) is 0 Å². The summed E-state index contributed by atoms with van der Waals surface area (Å²) in [5.41, 5.74) is 5.87. The number of benzene rings is 2. The van der Waals surface area contributed by atoms with Crippen molar-refractivity contribution < 1.29 is 8.42 Å². The standard InChI is InChI=1S/C24H29N3O2S/c1-17-4-5-19(18(2)12-17)16-26-22-13-20(30(3,28)29)14-23(21(22)15-25)27-10-8-24(6-7-24)9-11-27/h4-5,12-14,26H,6-11,16H2,1-3H3. The third-order valence-electron chi connectivity index (χ3n) is 6.72. The molecule has 4 rings (SSSR count). The Labute approximate surface area is 179 Å². The van der Waals surface area contributed by atoms with Gasteiger partial charge < -0.3 is 10.2 Å². The molecule has 1 saturated heterocycles. The molecule has 2 fully saturated rings. The summed E-state index contributed by atoms with van der Waals surface area (Å²) in [6.07, 6.45) is 6.07. The molecular weight excluding hydrogens is 394 g/mol. The monoisotopic (exact) mass is 423 g/mol. The summed E-state index contributed by atoms with van der Waals surface area (Å²) in [5, 5.41) is 13.3. The maximum atomic E-state index is 12.4. The molecule has 1 aliphatic heterocycles. The van der Waals surface area contributed by atoms with Crippen LogP contribution in [0, 0.1) is 30.6 Å². The van der Waals surface area contributed by atoms with Crippen molar-refractivity contribution in [1.82, 2.24) is 0 Å². The van der Waals surface area contributed by atoms with E-state index in [9.17, 15) is 13.7 Å². The molecule has 158 valence electrons. The maximum absolute atomic E-state index is 12.4. The second kappa shape index (κ2) is 7.63. The van der Waals surface area contributed by atoms with Crippen molar-refractivity contribution in [2.75, 3.05) is 29.6 Å². The molecule has 1 heterocycles. The lowest BCUT2D eigenvalue weighted by Crippen LogP contribution is -2.35. The number of nitrogens with one attached hydrogen (secondary N) is 1. The Hall–Kier alpha value is -2.52. The average Bonchev–Trinajstić information content (AvgIpc) is 3.45. The van der Waals surface area contributed by atoms with Gasteiger partial charge in [-0.3, -0.25) is 0 Å². The van der Waals surface area contributed by atoms with Crippen molar-refractivity contribution >= 4 is 21.2 Å². The van der Waals surface area contributed by atoms with Gasteiger partial charge in [-0.15, -0.1) is 0 Å². The number of hydrogen-bond acceptors (Lipinski definition) is 5. The van der Waals surface area contributed by atoms with Gasteiger partial charge in [0.25, 0.3) is 0 Å². The van der Waals surface area contributed by atoms with Crippen LogP contribution in [0.15, 0.2) is 35.2 Å². The molecule has 30 heavy (non-hydrogen) atoms. The minimum absolute atomic E-state index is 0.256. The Morgan fingerprint density at radius 2 is 1.80 bits per heavy atom. The molecule has 0 aromatic heterocycles. The van der Waals surface area contributed by atoms with Crippen molar-refractivity contribution in [1.29, 1.82) is 5.26 Å². The molecule has 1 saturated carbocycles. The number of sulfone groups is 1. The first-order valence-corrected chi connectivity index (χ1v) is 12.4. The van der Waals surface area contributed by atoms with Crippen molar-refractivity contribution in [3.05, 3.63) is 52.6 Å². The van der Waals surface area contributed by atoms with Gasteiger partial charge in [0, 0.05) is 25.9 Å². The van der Waals surface area contributed by atoms with Gasteiger partial charge >= 0.3 is 0 Å². The average molecular weight is 424 g/mol. The molecule has 2 aromatic carbocycles. The molecule has 1 aliphatic carbocycles. The molecule has 0 radical (unpaired) electrons. The lowest BCUT2D eigenvalue weighted by Gasteiger charge is -2.35. The molecule has 6 heteroatoms. The van der Waals surface area contributed by atoms with E-state index >= 15 is 0 Å². The van der Waals surface area contributed by atoms with Crippen LogP contribution in [0.1, 0.15) is 47.9 Å². The van der Waals surface area contributed by atoms with E-state index in [2.05, 4.69) is 48.3 Å². The number of rotatable bonds is 5. The van der Waals surface area contributed by atoms with Gasteiger partial charge in [-0.2, -0.15) is 5.26 Å². The summed E-state index contributed by atoms with van der Waals surface area (Å²) in [7, 11) is -3.39. The predicted octanol–water partition coefficient (Wildman–Crippen LogP) is 4.57. The fourth-order valence-electron chi connectivity index (χ4n) is 4.45. The summed E-state index contributed by atoms with van der Waals surface area (Å²) >= 11 is 0. The molecule has 0 amide bonds. The van der Waals surface area contributed by atoms with Crippen LogP contribution in [0.5, 0.6) is 0 Å². The van der Waals surface area contributed by atoms with E-state index in [1.165, 1.54) is 30.2 Å². The van der Waals surface area contributed by atoms with Crippen LogP contribution in [0.25, 0.3) is 0 Å². The normalized spacial score (nSPS) is 17.6. The predicted molar refractivity (Wildman–Crippen MR) is 121 cm³/mol. The largest absolute Gasteiger partial charge is 0.380 e. The fraction of sp³-hybridized carbons (Fsp3) is 0.458. The Morgan fingerprint density at radius 3 is 2.37 bits per heavy atom. The van der Waals surface area contributed by atoms with Gasteiger partial charge in [0.2, 0.25) is 0 Å². The summed E-state index contributed by atoms with van der Waals surface area (Å²) in [6.45, 7) is 6.41. The number of aryl methyl sites for hydroxylation is 2. The van der Waals surface area contributed by atoms with E-state index in [1.807, 2.05) is 0 Å². The highest BCUT2D eigenvalue weighted by Crippen LogP contribution is 2.54. The molecule has 0 atom stereocenters. The number of nitrogens with zero attached hydrogens (tertiary/aromatic N) is 2. The molecular formula is C24H29N3O2S. The van der Waals surface area contributed by atoms with Crippen molar-refractivity contribution in [3.8, 4) is 6.07 Å². The van der Waals surface area contributed by atoms with Crippen LogP contribution < -0.4 is 10.2 Å². The second-order valence-electron chi connectivity index (χ2n) is 9.02. The zero-order valence-corrected chi connectivity index (χ0v) is 18.8. The van der Waals surface area contributed by atoms with Crippen LogP contribution in [0.2, 0.25) is 0 Å². The molecule has 0 bridgehead atoms. The molecule has 2 aromatic rings. The van der Waals surface area contributed by atoms with E-state index in [-0.39, 0.29) is 4.90 Å². The van der Waals surface area contributed by atoms with Crippen molar-refractivity contribution in [3.63, 3.8) is 0 Å². The number of piperidine rings is 1. The van der Waals surface area contributed by atoms with Gasteiger partial charge in [0.05, 0.1) is 21.8 Å². The Kier molecular flexibility index (Phi) is 5.27. The number of nitriles is 1. The Bertz CT molecular complexity index is 1120. The minimum atomic E-state index is -3.39.